The summed E-state index contributed by atoms with van der Waals surface area (Å²) < 4.78 is 1.32. The number of hydrogen-bond acceptors (Lipinski definition) is 3. The van der Waals surface area contributed by atoms with Crippen molar-refractivity contribution in [2.45, 2.75) is 58.2 Å². The molecule has 136 valence electrons. The normalized spacial score (nSPS) is 19.2. The summed E-state index contributed by atoms with van der Waals surface area (Å²) in [6.07, 6.45) is 6.13. The zero-order chi connectivity index (χ0) is 18.1. The SMILES string of the molecule is CC(NC(=O)Cn1cccc(C(=O)N(C)C(C)C2CC2)c1=O)C1CC1. The van der Waals surface area contributed by atoms with Gasteiger partial charge in [0.25, 0.3) is 11.5 Å². The third-order valence-electron chi connectivity index (χ3n) is 5.52. The molecule has 0 saturated heterocycles. The summed E-state index contributed by atoms with van der Waals surface area (Å²) in [6, 6.07) is 3.46. The summed E-state index contributed by atoms with van der Waals surface area (Å²) in [4.78, 5) is 39.1. The molecule has 0 aromatic carbocycles. The predicted octanol–water partition coefficient (Wildman–Crippen LogP) is 1.63. The Morgan fingerprint density at radius 3 is 2.48 bits per heavy atom. The van der Waals surface area contributed by atoms with Crippen LogP contribution < -0.4 is 10.9 Å². The van der Waals surface area contributed by atoms with E-state index in [9.17, 15) is 14.4 Å². The second-order valence-corrected chi connectivity index (χ2v) is 7.54. The van der Waals surface area contributed by atoms with E-state index in [2.05, 4.69) is 5.32 Å². The zero-order valence-electron chi connectivity index (χ0n) is 15.2. The first-order valence-electron chi connectivity index (χ1n) is 9.14. The third-order valence-corrected chi connectivity index (χ3v) is 5.52. The number of carbonyl (C=O) groups excluding carboxylic acids is 2. The third kappa shape index (κ3) is 4.11. The number of hydrogen-bond donors (Lipinski definition) is 1. The average Bonchev–Trinajstić information content (AvgIpc) is 3.47. The molecule has 0 spiro atoms. The minimum absolute atomic E-state index is 0.0566. The highest BCUT2D eigenvalue weighted by Gasteiger charge is 2.33. The summed E-state index contributed by atoms with van der Waals surface area (Å²) in [5, 5.41) is 2.94. The molecule has 6 heteroatoms. The maximum Gasteiger partial charge on any atom is 0.263 e. The summed E-state index contributed by atoms with van der Waals surface area (Å²) >= 11 is 0. The van der Waals surface area contributed by atoms with Crippen LogP contribution in [0.5, 0.6) is 0 Å². The first-order chi connectivity index (χ1) is 11.9. The molecule has 6 nitrogen and oxygen atoms in total. The van der Waals surface area contributed by atoms with E-state index in [4.69, 9.17) is 0 Å². The van der Waals surface area contributed by atoms with Crippen LogP contribution in [0.15, 0.2) is 23.1 Å². The molecule has 0 bridgehead atoms. The summed E-state index contributed by atoms with van der Waals surface area (Å²) in [7, 11) is 1.74. The van der Waals surface area contributed by atoms with Crippen LogP contribution >= 0.6 is 0 Å². The van der Waals surface area contributed by atoms with Gasteiger partial charge in [0.1, 0.15) is 12.1 Å². The Morgan fingerprint density at radius 2 is 1.88 bits per heavy atom. The van der Waals surface area contributed by atoms with E-state index in [1.54, 1.807) is 30.3 Å². The van der Waals surface area contributed by atoms with Gasteiger partial charge in [0.05, 0.1) is 0 Å². The molecule has 2 fully saturated rings. The van der Waals surface area contributed by atoms with E-state index in [1.807, 2.05) is 13.8 Å². The molecule has 2 aliphatic carbocycles. The van der Waals surface area contributed by atoms with Crippen LogP contribution in [0.2, 0.25) is 0 Å². The first kappa shape index (κ1) is 17.7. The number of carbonyl (C=O) groups is 2. The van der Waals surface area contributed by atoms with E-state index in [1.165, 1.54) is 4.57 Å². The molecule has 2 atom stereocenters. The van der Waals surface area contributed by atoms with E-state index >= 15 is 0 Å². The van der Waals surface area contributed by atoms with Gasteiger partial charge in [-0.3, -0.25) is 14.4 Å². The van der Waals surface area contributed by atoms with Crippen LogP contribution in [0.1, 0.15) is 49.9 Å². The molecule has 3 rings (SSSR count). The highest BCUT2D eigenvalue weighted by atomic mass is 16.2. The quantitative estimate of drug-likeness (QED) is 0.816. The van der Waals surface area contributed by atoms with Gasteiger partial charge in [-0.2, -0.15) is 0 Å². The van der Waals surface area contributed by atoms with Gasteiger partial charge >= 0.3 is 0 Å². The van der Waals surface area contributed by atoms with Gasteiger partial charge in [-0.1, -0.05) is 0 Å². The van der Waals surface area contributed by atoms with Crippen molar-refractivity contribution in [1.29, 1.82) is 0 Å². The number of rotatable bonds is 7. The van der Waals surface area contributed by atoms with Crippen molar-refractivity contribution < 1.29 is 9.59 Å². The lowest BCUT2D eigenvalue weighted by Gasteiger charge is -2.24. The van der Waals surface area contributed by atoms with Crippen LogP contribution in [0.4, 0.5) is 0 Å². The predicted molar refractivity (Wildman–Crippen MR) is 95.3 cm³/mol. The number of pyridine rings is 1. The largest absolute Gasteiger partial charge is 0.352 e. The molecular formula is C19H27N3O3. The monoisotopic (exact) mass is 345 g/mol. The summed E-state index contributed by atoms with van der Waals surface area (Å²) in [5.41, 5.74) is -0.280. The molecule has 0 aliphatic heterocycles. The smallest absolute Gasteiger partial charge is 0.263 e. The van der Waals surface area contributed by atoms with Crippen molar-refractivity contribution in [3.63, 3.8) is 0 Å². The number of aromatic nitrogens is 1. The highest BCUT2D eigenvalue weighted by Crippen LogP contribution is 2.35. The van der Waals surface area contributed by atoms with E-state index < -0.39 is 5.56 Å². The standard InChI is InChI=1S/C19H27N3O3/c1-12(14-6-7-14)20-17(23)11-22-10-4-5-16(19(22)25)18(24)21(3)13(2)15-8-9-15/h4-5,10,12-15H,6-9,11H2,1-3H3,(H,20,23). The molecule has 0 radical (unpaired) electrons. The fourth-order valence-electron chi connectivity index (χ4n) is 3.26. The summed E-state index contributed by atoms with van der Waals surface area (Å²) in [5.74, 6) is 0.636. The first-order valence-corrected chi connectivity index (χ1v) is 9.14. The van der Waals surface area contributed by atoms with Crippen LogP contribution in [-0.4, -0.2) is 40.4 Å². The average molecular weight is 345 g/mol. The highest BCUT2D eigenvalue weighted by molar-refractivity contribution is 5.94. The molecule has 2 unspecified atom stereocenters. The molecule has 1 heterocycles. The van der Waals surface area contributed by atoms with E-state index in [0.717, 1.165) is 25.7 Å². The Morgan fingerprint density at radius 1 is 1.24 bits per heavy atom. The van der Waals surface area contributed by atoms with Crippen molar-refractivity contribution in [3.05, 3.63) is 34.2 Å². The molecule has 2 aliphatic rings. The Hall–Kier alpha value is -2.11. The Bertz CT molecular complexity index is 719. The van der Waals surface area contributed by atoms with Crippen molar-refractivity contribution in [1.82, 2.24) is 14.8 Å². The van der Waals surface area contributed by atoms with Crippen molar-refractivity contribution >= 4 is 11.8 Å². The Labute approximate surface area is 148 Å². The van der Waals surface area contributed by atoms with Gasteiger partial charge in [0.2, 0.25) is 5.91 Å². The Kier molecular flexibility index (Phi) is 4.97. The minimum atomic E-state index is -0.406. The van der Waals surface area contributed by atoms with Crippen molar-refractivity contribution in [2.24, 2.45) is 11.8 Å². The topological polar surface area (TPSA) is 71.4 Å². The lowest BCUT2D eigenvalue weighted by Crippen LogP contribution is -2.42. The molecular weight excluding hydrogens is 318 g/mol. The van der Waals surface area contributed by atoms with Gasteiger partial charge in [0, 0.05) is 25.3 Å². The number of amides is 2. The van der Waals surface area contributed by atoms with Crippen molar-refractivity contribution in [2.75, 3.05) is 7.05 Å². The van der Waals surface area contributed by atoms with Crippen molar-refractivity contribution in [3.8, 4) is 0 Å². The second-order valence-electron chi connectivity index (χ2n) is 7.54. The van der Waals surface area contributed by atoms with Gasteiger partial charge in [-0.25, -0.2) is 0 Å². The van der Waals surface area contributed by atoms with Gasteiger partial charge in [-0.15, -0.1) is 0 Å². The maximum absolute atomic E-state index is 12.7. The zero-order valence-corrected chi connectivity index (χ0v) is 15.2. The van der Waals surface area contributed by atoms with Crippen LogP contribution in [0.3, 0.4) is 0 Å². The second kappa shape index (κ2) is 7.02. The van der Waals surface area contributed by atoms with Gasteiger partial charge in [-0.05, 0) is 63.5 Å². The van der Waals surface area contributed by atoms with Crippen LogP contribution in [0.25, 0.3) is 0 Å². The molecule has 1 N–H and O–H groups in total. The van der Waals surface area contributed by atoms with Crippen LogP contribution in [-0.2, 0) is 11.3 Å². The summed E-state index contributed by atoms with van der Waals surface area (Å²) in [6.45, 7) is 3.95. The van der Waals surface area contributed by atoms with E-state index in [0.29, 0.717) is 11.8 Å². The Balaban J connectivity index is 1.69. The maximum atomic E-state index is 12.7. The molecule has 1 aromatic rings. The lowest BCUT2D eigenvalue weighted by atomic mass is 10.1. The lowest BCUT2D eigenvalue weighted by molar-refractivity contribution is -0.122. The molecule has 25 heavy (non-hydrogen) atoms. The molecule has 2 saturated carbocycles. The van der Waals surface area contributed by atoms with Crippen LogP contribution in [0, 0.1) is 11.8 Å². The molecule has 1 aromatic heterocycles. The fourth-order valence-corrected chi connectivity index (χ4v) is 3.26. The fraction of sp³-hybridized carbons (Fsp3) is 0.632. The molecule has 2 amide bonds. The minimum Gasteiger partial charge on any atom is -0.352 e. The van der Waals surface area contributed by atoms with Gasteiger partial charge < -0.3 is 14.8 Å². The number of nitrogens with zero attached hydrogens (tertiary/aromatic N) is 2. The number of nitrogens with one attached hydrogen (secondary N) is 1. The van der Waals surface area contributed by atoms with Gasteiger partial charge in [0.15, 0.2) is 0 Å². The van der Waals surface area contributed by atoms with E-state index in [-0.39, 0.29) is 36.0 Å².